The summed E-state index contributed by atoms with van der Waals surface area (Å²) in [6, 6.07) is 14.4. The second kappa shape index (κ2) is 9.95. The van der Waals surface area contributed by atoms with Crippen molar-refractivity contribution in [3.63, 3.8) is 0 Å². The maximum absolute atomic E-state index is 6.05. The van der Waals surface area contributed by atoms with Gasteiger partial charge in [0.25, 0.3) is 0 Å². The van der Waals surface area contributed by atoms with E-state index in [0.29, 0.717) is 19.3 Å². The molecule has 0 aromatic heterocycles. The van der Waals surface area contributed by atoms with Crippen LogP contribution in [0.5, 0.6) is 11.5 Å². The average Bonchev–Trinajstić information content (AvgIpc) is 3.16. The first-order chi connectivity index (χ1) is 12.8. The van der Waals surface area contributed by atoms with Gasteiger partial charge in [-0.05, 0) is 53.4 Å². The molecule has 2 N–H and O–H groups in total. The quantitative estimate of drug-likeness (QED) is 0.672. The molecule has 0 bridgehead atoms. The highest BCUT2D eigenvalue weighted by atomic mass is 79.9. The number of hydrogen-bond donors (Lipinski definition) is 1. The van der Waals surface area contributed by atoms with Crippen molar-refractivity contribution in [2.45, 2.75) is 39.0 Å². The van der Waals surface area contributed by atoms with Crippen molar-refractivity contribution in [1.82, 2.24) is 0 Å². The van der Waals surface area contributed by atoms with Crippen molar-refractivity contribution in [1.29, 1.82) is 0 Å². The molecule has 1 atom stereocenters. The van der Waals surface area contributed by atoms with E-state index in [0.717, 1.165) is 41.2 Å². The molecule has 2 aromatic rings. The first-order valence-corrected chi connectivity index (χ1v) is 10.1. The highest BCUT2D eigenvalue weighted by Gasteiger charge is 2.18. The van der Waals surface area contributed by atoms with Crippen molar-refractivity contribution in [3.05, 3.63) is 58.1 Å². The first kappa shape index (κ1) is 19.2. The van der Waals surface area contributed by atoms with Gasteiger partial charge in [-0.2, -0.15) is 0 Å². The van der Waals surface area contributed by atoms with Crippen molar-refractivity contribution in [3.8, 4) is 11.5 Å². The molecule has 1 aliphatic rings. The van der Waals surface area contributed by atoms with Gasteiger partial charge in [0, 0.05) is 12.2 Å². The summed E-state index contributed by atoms with van der Waals surface area (Å²) in [7, 11) is 0. The zero-order chi connectivity index (χ0) is 18.2. The largest absolute Gasteiger partial charge is 0.490 e. The summed E-state index contributed by atoms with van der Waals surface area (Å²) in [5.74, 6) is 1.55. The summed E-state index contributed by atoms with van der Waals surface area (Å²) in [6.07, 6.45) is 2.76. The third kappa shape index (κ3) is 5.47. The summed E-state index contributed by atoms with van der Waals surface area (Å²) in [6.45, 7) is 5.93. The van der Waals surface area contributed by atoms with Crippen LogP contribution in [0, 0.1) is 0 Å². The minimum absolute atomic E-state index is 0.401. The third-order valence-corrected chi connectivity index (χ3v) is 5.02. The average molecular weight is 421 g/mol. The molecule has 0 aliphatic carbocycles. The Morgan fingerprint density at radius 3 is 2.73 bits per heavy atom. The van der Waals surface area contributed by atoms with Gasteiger partial charge < -0.3 is 19.5 Å². The second-order valence-electron chi connectivity index (χ2n) is 6.48. The van der Waals surface area contributed by atoms with Gasteiger partial charge in [-0.15, -0.1) is 0 Å². The number of benzene rings is 2. The molecule has 5 heteroatoms. The van der Waals surface area contributed by atoms with Crippen LogP contribution in [0.25, 0.3) is 0 Å². The molecule has 3 rings (SSSR count). The maximum atomic E-state index is 6.05. The predicted octanol–water partition coefficient (Wildman–Crippen LogP) is 3.67. The van der Waals surface area contributed by atoms with Crippen LogP contribution < -0.4 is 14.8 Å². The van der Waals surface area contributed by atoms with Crippen molar-refractivity contribution >= 4 is 15.9 Å². The number of quaternary nitrogens is 1. The number of nitrogens with two attached hydrogens (primary N) is 1. The zero-order valence-corrected chi connectivity index (χ0v) is 16.8. The van der Waals surface area contributed by atoms with Gasteiger partial charge in [-0.1, -0.05) is 30.3 Å². The summed E-state index contributed by atoms with van der Waals surface area (Å²) in [4.78, 5) is 0. The summed E-state index contributed by atoms with van der Waals surface area (Å²) in [5.41, 5.74) is 2.35. The Hall–Kier alpha value is -1.56. The van der Waals surface area contributed by atoms with E-state index in [1.54, 1.807) is 0 Å². The molecule has 0 spiro atoms. The molecule has 2 aromatic carbocycles. The van der Waals surface area contributed by atoms with E-state index in [9.17, 15) is 0 Å². The number of halogens is 1. The number of ether oxygens (including phenoxy) is 3. The molecule has 1 fully saturated rings. The van der Waals surface area contributed by atoms with Gasteiger partial charge in [-0.25, -0.2) is 0 Å². The first-order valence-electron chi connectivity index (χ1n) is 9.31. The van der Waals surface area contributed by atoms with Crippen LogP contribution >= 0.6 is 15.9 Å². The smallest absolute Gasteiger partial charge is 0.175 e. The molecule has 1 heterocycles. The van der Waals surface area contributed by atoms with E-state index in [4.69, 9.17) is 14.2 Å². The lowest BCUT2D eigenvalue weighted by Gasteiger charge is -2.15. The van der Waals surface area contributed by atoms with Crippen LogP contribution in [0.1, 0.15) is 30.9 Å². The molecule has 1 aliphatic heterocycles. The molecule has 1 saturated heterocycles. The Morgan fingerprint density at radius 1 is 1.15 bits per heavy atom. The molecule has 0 radical (unpaired) electrons. The lowest BCUT2D eigenvalue weighted by Crippen LogP contribution is -2.84. The Balaban J connectivity index is 1.64. The molecular formula is C21H27BrNO3+. The minimum Gasteiger partial charge on any atom is -0.490 e. The normalized spacial score (nSPS) is 16.6. The lowest BCUT2D eigenvalue weighted by molar-refractivity contribution is -0.676. The number of hydrogen-bond acceptors (Lipinski definition) is 3. The number of rotatable bonds is 9. The van der Waals surface area contributed by atoms with E-state index < -0.39 is 0 Å². The van der Waals surface area contributed by atoms with Crippen molar-refractivity contribution < 1.29 is 19.5 Å². The minimum atomic E-state index is 0.401. The van der Waals surface area contributed by atoms with Crippen LogP contribution in [-0.2, 0) is 17.9 Å². The van der Waals surface area contributed by atoms with Crippen molar-refractivity contribution in [2.75, 3.05) is 19.8 Å². The van der Waals surface area contributed by atoms with Crippen LogP contribution in [0.4, 0.5) is 0 Å². The Bertz CT molecular complexity index is 687. The summed E-state index contributed by atoms with van der Waals surface area (Å²) < 4.78 is 18.5. The van der Waals surface area contributed by atoms with Gasteiger partial charge in [0.2, 0.25) is 0 Å². The summed E-state index contributed by atoms with van der Waals surface area (Å²) in [5, 5.41) is 2.30. The fourth-order valence-corrected chi connectivity index (χ4v) is 3.74. The van der Waals surface area contributed by atoms with Crippen molar-refractivity contribution in [2.24, 2.45) is 0 Å². The molecule has 140 valence electrons. The highest BCUT2D eigenvalue weighted by molar-refractivity contribution is 9.10. The van der Waals surface area contributed by atoms with E-state index in [1.165, 1.54) is 18.4 Å². The molecule has 4 nitrogen and oxygen atoms in total. The van der Waals surface area contributed by atoms with Gasteiger partial charge >= 0.3 is 0 Å². The van der Waals surface area contributed by atoms with E-state index in [1.807, 2.05) is 25.1 Å². The predicted molar refractivity (Wildman–Crippen MR) is 106 cm³/mol. The Labute approximate surface area is 164 Å². The zero-order valence-electron chi connectivity index (χ0n) is 15.2. The Morgan fingerprint density at radius 2 is 2.00 bits per heavy atom. The van der Waals surface area contributed by atoms with Gasteiger partial charge in [-0.3, -0.25) is 0 Å². The van der Waals surface area contributed by atoms with Gasteiger partial charge in [0.1, 0.15) is 25.8 Å². The van der Waals surface area contributed by atoms with Crippen LogP contribution in [0.3, 0.4) is 0 Å². The fourth-order valence-electron chi connectivity index (χ4n) is 3.14. The second-order valence-corrected chi connectivity index (χ2v) is 7.33. The van der Waals surface area contributed by atoms with Crippen LogP contribution in [0.2, 0.25) is 0 Å². The third-order valence-electron chi connectivity index (χ3n) is 4.43. The van der Waals surface area contributed by atoms with Gasteiger partial charge in [0.05, 0.1) is 11.1 Å². The summed E-state index contributed by atoms with van der Waals surface area (Å²) >= 11 is 3.66. The lowest BCUT2D eigenvalue weighted by atomic mass is 10.2. The topological polar surface area (TPSA) is 44.3 Å². The van der Waals surface area contributed by atoms with E-state index in [-0.39, 0.29) is 0 Å². The van der Waals surface area contributed by atoms with Crippen LogP contribution in [0.15, 0.2) is 46.9 Å². The van der Waals surface area contributed by atoms with E-state index in [2.05, 4.69) is 45.5 Å². The standard InChI is InChI=1S/C21H26BrNO3/c1-2-24-20-12-17(13-23-14-18-9-6-10-25-18)11-19(22)21(20)26-15-16-7-4-3-5-8-16/h3-5,7-8,11-12,18,23H,2,6,9-10,13-15H2,1H3/p+1/t18-/m1/s1. The molecule has 26 heavy (non-hydrogen) atoms. The van der Waals surface area contributed by atoms with Gasteiger partial charge in [0.15, 0.2) is 11.5 Å². The molecule has 0 amide bonds. The van der Waals surface area contributed by atoms with Crippen LogP contribution in [-0.4, -0.2) is 25.9 Å². The molecule has 0 saturated carbocycles. The Kier molecular flexibility index (Phi) is 7.35. The SMILES string of the molecule is CCOc1cc(C[NH2+]C[C@H]2CCCO2)cc(Br)c1OCc1ccccc1. The van der Waals surface area contributed by atoms with E-state index >= 15 is 0 Å². The molecular weight excluding hydrogens is 394 g/mol. The fraction of sp³-hybridized carbons (Fsp3) is 0.429. The molecule has 0 unspecified atom stereocenters. The highest BCUT2D eigenvalue weighted by Crippen LogP contribution is 2.37. The maximum Gasteiger partial charge on any atom is 0.175 e. The monoisotopic (exact) mass is 420 g/mol.